The van der Waals surface area contributed by atoms with Crippen molar-refractivity contribution in [1.82, 2.24) is 9.88 Å². The Balaban J connectivity index is 1.41. The molecule has 0 saturated carbocycles. The summed E-state index contributed by atoms with van der Waals surface area (Å²) in [6.45, 7) is 5.14. The Kier molecular flexibility index (Phi) is 4.88. The number of carbonyl (C=O) groups is 1. The smallest absolute Gasteiger partial charge is 0.253 e. The highest BCUT2D eigenvalue weighted by molar-refractivity contribution is 5.94. The van der Waals surface area contributed by atoms with Crippen LogP contribution < -0.4 is 4.90 Å². The second-order valence-corrected chi connectivity index (χ2v) is 6.91. The van der Waals surface area contributed by atoms with Gasteiger partial charge in [-0.1, -0.05) is 48.0 Å². The van der Waals surface area contributed by atoms with Crippen LogP contribution in [0.1, 0.15) is 15.9 Å². The minimum absolute atomic E-state index is 0.103. The van der Waals surface area contributed by atoms with Gasteiger partial charge in [-0.15, -0.1) is 0 Å². The molecule has 2 aromatic carbocycles. The predicted molar refractivity (Wildman–Crippen MR) is 109 cm³/mol. The van der Waals surface area contributed by atoms with Crippen molar-refractivity contribution in [3.05, 3.63) is 84.1 Å². The summed E-state index contributed by atoms with van der Waals surface area (Å²) in [5.41, 5.74) is 4.29. The molecule has 4 rings (SSSR count). The van der Waals surface area contributed by atoms with Crippen LogP contribution >= 0.6 is 0 Å². The zero-order chi connectivity index (χ0) is 18.6. The van der Waals surface area contributed by atoms with Crippen molar-refractivity contribution in [2.75, 3.05) is 31.1 Å². The molecule has 4 nitrogen and oxygen atoms in total. The van der Waals surface area contributed by atoms with Gasteiger partial charge in [0.25, 0.3) is 5.91 Å². The Morgan fingerprint density at radius 3 is 2.04 bits per heavy atom. The first-order valence-corrected chi connectivity index (χ1v) is 9.33. The van der Waals surface area contributed by atoms with E-state index in [9.17, 15) is 4.79 Å². The molecule has 27 heavy (non-hydrogen) atoms. The maximum atomic E-state index is 12.8. The number of piperazine rings is 1. The maximum absolute atomic E-state index is 12.8. The molecule has 1 aliphatic heterocycles. The Morgan fingerprint density at radius 1 is 0.815 bits per heavy atom. The van der Waals surface area contributed by atoms with Crippen molar-refractivity contribution in [3.8, 4) is 11.1 Å². The summed E-state index contributed by atoms with van der Waals surface area (Å²) < 4.78 is 0. The fraction of sp³-hybridized carbons (Fsp3) is 0.217. The van der Waals surface area contributed by atoms with E-state index < -0.39 is 0 Å². The SMILES string of the molecule is Cc1ccc(-c2ccc(C(=O)N3CCN(c4ccccn4)CC3)cc2)cc1. The summed E-state index contributed by atoms with van der Waals surface area (Å²) in [7, 11) is 0. The summed E-state index contributed by atoms with van der Waals surface area (Å²) in [5.74, 6) is 1.08. The summed E-state index contributed by atoms with van der Waals surface area (Å²) in [6, 6.07) is 22.3. The van der Waals surface area contributed by atoms with E-state index in [0.29, 0.717) is 0 Å². The number of aryl methyl sites for hydroxylation is 1. The second-order valence-electron chi connectivity index (χ2n) is 6.91. The normalized spacial score (nSPS) is 14.3. The van der Waals surface area contributed by atoms with Gasteiger partial charge in [-0.2, -0.15) is 0 Å². The zero-order valence-corrected chi connectivity index (χ0v) is 15.5. The van der Waals surface area contributed by atoms with Crippen LogP contribution in [0.2, 0.25) is 0 Å². The number of benzene rings is 2. The maximum Gasteiger partial charge on any atom is 0.253 e. The quantitative estimate of drug-likeness (QED) is 0.710. The van der Waals surface area contributed by atoms with Crippen LogP contribution in [0.4, 0.5) is 5.82 Å². The van der Waals surface area contributed by atoms with Crippen molar-refractivity contribution in [3.63, 3.8) is 0 Å². The largest absolute Gasteiger partial charge is 0.353 e. The molecule has 0 bridgehead atoms. The van der Waals surface area contributed by atoms with Crippen molar-refractivity contribution in [1.29, 1.82) is 0 Å². The first-order valence-electron chi connectivity index (χ1n) is 9.33. The van der Waals surface area contributed by atoms with Gasteiger partial charge < -0.3 is 9.80 Å². The molecule has 1 saturated heterocycles. The molecule has 1 aromatic heterocycles. The molecule has 1 aliphatic rings. The average molecular weight is 357 g/mol. The van der Waals surface area contributed by atoms with E-state index in [2.05, 4.69) is 41.1 Å². The third-order valence-electron chi connectivity index (χ3n) is 5.06. The van der Waals surface area contributed by atoms with Gasteiger partial charge in [0.15, 0.2) is 0 Å². The first kappa shape index (κ1) is 17.3. The third-order valence-corrected chi connectivity index (χ3v) is 5.06. The van der Waals surface area contributed by atoms with Gasteiger partial charge in [-0.3, -0.25) is 4.79 Å². The van der Waals surface area contributed by atoms with Crippen LogP contribution in [0.5, 0.6) is 0 Å². The number of pyridine rings is 1. The molecule has 2 heterocycles. The third kappa shape index (κ3) is 3.85. The lowest BCUT2D eigenvalue weighted by atomic mass is 10.0. The summed E-state index contributed by atoms with van der Waals surface area (Å²) in [5, 5.41) is 0. The van der Waals surface area contributed by atoms with Gasteiger partial charge in [0.1, 0.15) is 5.82 Å². The zero-order valence-electron chi connectivity index (χ0n) is 15.5. The van der Waals surface area contributed by atoms with E-state index in [1.165, 1.54) is 11.1 Å². The molecular formula is C23H23N3O. The summed E-state index contributed by atoms with van der Waals surface area (Å²) in [4.78, 5) is 21.4. The standard InChI is InChI=1S/C23H23N3O/c1-18-5-7-19(8-6-18)20-9-11-21(12-10-20)23(27)26-16-14-25(15-17-26)22-4-2-3-13-24-22/h2-13H,14-17H2,1H3. The average Bonchev–Trinajstić information content (AvgIpc) is 2.75. The van der Waals surface area contributed by atoms with Crippen LogP contribution in [-0.2, 0) is 0 Å². The predicted octanol–water partition coefficient (Wildman–Crippen LogP) is 4.02. The lowest BCUT2D eigenvalue weighted by molar-refractivity contribution is 0.0746. The number of hydrogen-bond acceptors (Lipinski definition) is 3. The van der Waals surface area contributed by atoms with E-state index in [4.69, 9.17) is 0 Å². The lowest BCUT2D eigenvalue weighted by Gasteiger charge is -2.35. The molecule has 4 heteroatoms. The number of nitrogens with zero attached hydrogens (tertiary/aromatic N) is 3. The van der Waals surface area contributed by atoms with Crippen LogP contribution in [0.25, 0.3) is 11.1 Å². The number of carbonyl (C=O) groups excluding carboxylic acids is 1. The molecule has 0 unspecified atom stereocenters. The van der Waals surface area contributed by atoms with Gasteiger partial charge >= 0.3 is 0 Å². The van der Waals surface area contributed by atoms with Gasteiger partial charge in [-0.25, -0.2) is 4.98 Å². The van der Waals surface area contributed by atoms with Gasteiger partial charge in [-0.05, 0) is 42.3 Å². The highest BCUT2D eigenvalue weighted by atomic mass is 16.2. The van der Waals surface area contributed by atoms with Gasteiger partial charge in [0, 0.05) is 37.9 Å². The van der Waals surface area contributed by atoms with E-state index in [-0.39, 0.29) is 5.91 Å². The Morgan fingerprint density at radius 2 is 1.44 bits per heavy atom. The van der Waals surface area contributed by atoms with E-state index >= 15 is 0 Å². The monoisotopic (exact) mass is 357 g/mol. The molecule has 0 aliphatic carbocycles. The lowest BCUT2D eigenvalue weighted by Crippen LogP contribution is -2.49. The fourth-order valence-corrected chi connectivity index (χ4v) is 3.41. The number of hydrogen-bond donors (Lipinski definition) is 0. The minimum atomic E-state index is 0.103. The van der Waals surface area contributed by atoms with Crippen molar-refractivity contribution in [2.45, 2.75) is 6.92 Å². The van der Waals surface area contributed by atoms with E-state index in [1.807, 2.05) is 53.6 Å². The van der Waals surface area contributed by atoms with E-state index in [0.717, 1.165) is 43.1 Å². The number of aromatic nitrogens is 1. The van der Waals surface area contributed by atoms with Crippen molar-refractivity contribution < 1.29 is 4.79 Å². The number of amides is 1. The molecule has 0 radical (unpaired) electrons. The van der Waals surface area contributed by atoms with E-state index in [1.54, 1.807) is 0 Å². The Hall–Kier alpha value is -3.14. The second kappa shape index (κ2) is 7.62. The minimum Gasteiger partial charge on any atom is -0.353 e. The van der Waals surface area contributed by atoms with Crippen LogP contribution in [-0.4, -0.2) is 42.0 Å². The molecule has 3 aromatic rings. The van der Waals surface area contributed by atoms with Crippen LogP contribution in [0.3, 0.4) is 0 Å². The van der Waals surface area contributed by atoms with Gasteiger partial charge in [0.2, 0.25) is 0 Å². The number of rotatable bonds is 3. The molecule has 136 valence electrons. The van der Waals surface area contributed by atoms with Crippen LogP contribution in [0.15, 0.2) is 72.9 Å². The van der Waals surface area contributed by atoms with Gasteiger partial charge in [0.05, 0.1) is 0 Å². The molecular weight excluding hydrogens is 334 g/mol. The Labute approximate surface area is 160 Å². The van der Waals surface area contributed by atoms with Crippen LogP contribution in [0, 0.1) is 6.92 Å². The molecule has 1 amide bonds. The Bertz CT molecular complexity index is 897. The summed E-state index contributed by atoms with van der Waals surface area (Å²) >= 11 is 0. The first-order chi connectivity index (χ1) is 13.2. The van der Waals surface area contributed by atoms with Crippen molar-refractivity contribution >= 4 is 11.7 Å². The fourth-order valence-electron chi connectivity index (χ4n) is 3.41. The molecule has 0 spiro atoms. The topological polar surface area (TPSA) is 36.4 Å². The highest BCUT2D eigenvalue weighted by Crippen LogP contribution is 2.21. The number of anilines is 1. The molecule has 0 N–H and O–H groups in total. The summed E-state index contributed by atoms with van der Waals surface area (Å²) in [6.07, 6.45) is 1.81. The molecule has 1 fully saturated rings. The molecule has 0 atom stereocenters. The van der Waals surface area contributed by atoms with Crippen molar-refractivity contribution in [2.24, 2.45) is 0 Å². The highest BCUT2D eigenvalue weighted by Gasteiger charge is 2.22.